The number of hydrogen-bond acceptors (Lipinski definition) is 3. The maximum Gasteiger partial charge on any atom is 0.265 e. The molecule has 0 aliphatic carbocycles. The quantitative estimate of drug-likeness (QED) is 0.632. The van der Waals surface area contributed by atoms with Crippen molar-refractivity contribution in [3.8, 4) is 5.75 Å². The van der Waals surface area contributed by atoms with Gasteiger partial charge in [0.2, 0.25) is 0 Å². The Morgan fingerprint density at radius 1 is 1.12 bits per heavy atom. The molecular weight excluding hydrogens is 349 g/mol. The monoisotopic (exact) mass is 369 g/mol. The lowest BCUT2D eigenvalue weighted by molar-refractivity contribution is 0.103. The number of carbonyl (C=O) groups is 1. The lowest BCUT2D eigenvalue weighted by Gasteiger charge is -2.12. The van der Waals surface area contributed by atoms with Gasteiger partial charge in [0.25, 0.3) is 5.91 Å². The van der Waals surface area contributed by atoms with Gasteiger partial charge in [-0.15, -0.1) is 11.3 Å². The molecule has 0 radical (unpaired) electrons. The molecule has 2 aromatic carbocycles. The third kappa shape index (κ3) is 4.29. The number of aryl methyl sites for hydroxylation is 3. The summed E-state index contributed by atoms with van der Waals surface area (Å²) in [6, 6.07) is 11.8. The highest BCUT2D eigenvalue weighted by Gasteiger charge is 2.11. The fourth-order valence-corrected chi connectivity index (χ4v) is 3.67. The summed E-state index contributed by atoms with van der Waals surface area (Å²) in [6.45, 7) is 6.52. The lowest BCUT2D eigenvalue weighted by Crippen LogP contribution is -2.10. The van der Waals surface area contributed by atoms with Crippen molar-refractivity contribution in [3.63, 3.8) is 0 Å². The Bertz CT molecular complexity index is 926. The summed E-state index contributed by atoms with van der Waals surface area (Å²) >= 11 is 1.34. The number of carbonyl (C=O) groups excluding carboxylic acids is 1. The van der Waals surface area contributed by atoms with Crippen LogP contribution in [0.4, 0.5) is 10.1 Å². The minimum atomic E-state index is -0.382. The molecule has 134 valence electrons. The zero-order valence-electron chi connectivity index (χ0n) is 14.9. The van der Waals surface area contributed by atoms with Gasteiger partial charge in [0.05, 0.1) is 4.88 Å². The first kappa shape index (κ1) is 18.1. The average Bonchev–Trinajstić information content (AvgIpc) is 3.03. The van der Waals surface area contributed by atoms with Gasteiger partial charge < -0.3 is 10.1 Å². The number of anilines is 1. The summed E-state index contributed by atoms with van der Waals surface area (Å²) in [5.74, 6) is 0.244. The molecule has 0 aliphatic heterocycles. The van der Waals surface area contributed by atoms with E-state index in [1.54, 1.807) is 18.2 Å². The summed E-state index contributed by atoms with van der Waals surface area (Å²) in [4.78, 5) is 12.9. The summed E-state index contributed by atoms with van der Waals surface area (Å²) in [5.41, 5.74) is 4.77. The highest BCUT2D eigenvalue weighted by atomic mass is 32.1. The molecule has 0 atom stereocenters. The van der Waals surface area contributed by atoms with Crippen LogP contribution < -0.4 is 10.1 Å². The van der Waals surface area contributed by atoms with Gasteiger partial charge in [-0.2, -0.15) is 0 Å². The SMILES string of the molecule is Cc1cc(C)c(OCc2csc(C(=O)Nc3cccc(F)c3)c2)c(C)c1. The number of benzene rings is 2. The van der Waals surface area contributed by atoms with Gasteiger partial charge in [-0.25, -0.2) is 4.39 Å². The van der Waals surface area contributed by atoms with E-state index in [1.807, 2.05) is 19.2 Å². The van der Waals surface area contributed by atoms with Crippen molar-refractivity contribution in [1.29, 1.82) is 0 Å². The molecule has 1 aromatic heterocycles. The van der Waals surface area contributed by atoms with Crippen molar-refractivity contribution in [2.75, 3.05) is 5.32 Å². The predicted molar refractivity (Wildman–Crippen MR) is 104 cm³/mol. The smallest absolute Gasteiger partial charge is 0.265 e. The highest BCUT2D eigenvalue weighted by molar-refractivity contribution is 7.12. The van der Waals surface area contributed by atoms with Crippen LogP contribution in [0.15, 0.2) is 47.8 Å². The zero-order valence-corrected chi connectivity index (χ0v) is 15.7. The molecule has 1 amide bonds. The molecule has 0 bridgehead atoms. The predicted octanol–water partition coefficient (Wildman–Crippen LogP) is 5.64. The van der Waals surface area contributed by atoms with Crippen LogP contribution in [0.2, 0.25) is 0 Å². The van der Waals surface area contributed by atoms with Gasteiger partial charge in [0.15, 0.2) is 0 Å². The van der Waals surface area contributed by atoms with Crippen LogP contribution in [0, 0.1) is 26.6 Å². The Balaban J connectivity index is 1.65. The normalized spacial score (nSPS) is 10.6. The van der Waals surface area contributed by atoms with E-state index < -0.39 is 0 Å². The first-order chi connectivity index (χ1) is 12.4. The molecule has 1 N–H and O–H groups in total. The van der Waals surface area contributed by atoms with Crippen molar-refractivity contribution >= 4 is 22.9 Å². The molecule has 0 saturated heterocycles. The van der Waals surface area contributed by atoms with E-state index in [4.69, 9.17) is 4.74 Å². The van der Waals surface area contributed by atoms with Crippen LogP contribution in [0.25, 0.3) is 0 Å². The van der Waals surface area contributed by atoms with Crippen LogP contribution in [0.1, 0.15) is 31.9 Å². The van der Waals surface area contributed by atoms with E-state index in [1.165, 1.54) is 29.0 Å². The fourth-order valence-electron chi connectivity index (χ4n) is 2.88. The number of thiophene rings is 1. The standard InChI is InChI=1S/C21H20FNO2S/c1-13-7-14(2)20(15(3)8-13)25-11-16-9-19(26-12-16)21(24)23-18-6-4-5-17(22)10-18/h4-10,12H,11H2,1-3H3,(H,23,24). The van der Waals surface area contributed by atoms with Gasteiger partial charge in [-0.3, -0.25) is 4.79 Å². The minimum absolute atomic E-state index is 0.255. The van der Waals surface area contributed by atoms with Gasteiger partial charge in [0.1, 0.15) is 18.2 Å². The second kappa shape index (κ2) is 7.70. The molecule has 5 heteroatoms. The molecule has 3 aromatic rings. The summed E-state index contributed by atoms with van der Waals surface area (Å²) in [5, 5.41) is 4.60. The van der Waals surface area contributed by atoms with E-state index in [-0.39, 0.29) is 11.7 Å². The Kier molecular flexibility index (Phi) is 5.38. The van der Waals surface area contributed by atoms with Gasteiger partial charge >= 0.3 is 0 Å². The Labute approximate surface area is 156 Å². The molecule has 3 nitrogen and oxygen atoms in total. The van der Waals surface area contributed by atoms with Crippen molar-refractivity contribution in [1.82, 2.24) is 0 Å². The van der Waals surface area contributed by atoms with Crippen molar-refractivity contribution < 1.29 is 13.9 Å². The summed E-state index contributed by atoms with van der Waals surface area (Å²) in [6.07, 6.45) is 0. The van der Waals surface area contributed by atoms with Gasteiger partial charge in [0, 0.05) is 11.3 Å². The Morgan fingerprint density at radius 3 is 2.54 bits per heavy atom. The lowest BCUT2D eigenvalue weighted by atomic mass is 10.1. The molecule has 3 rings (SSSR count). The van der Waals surface area contributed by atoms with E-state index in [0.717, 1.165) is 22.4 Å². The Morgan fingerprint density at radius 2 is 1.85 bits per heavy atom. The van der Waals surface area contributed by atoms with Crippen LogP contribution >= 0.6 is 11.3 Å². The molecule has 0 fully saturated rings. The maximum absolute atomic E-state index is 13.2. The summed E-state index contributed by atoms with van der Waals surface area (Å²) < 4.78 is 19.2. The third-order valence-electron chi connectivity index (χ3n) is 3.95. The highest BCUT2D eigenvalue weighted by Crippen LogP contribution is 2.26. The van der Waals surface area contributed by atoms with Crippen LogP contribution in [0.3, 0.4) is 0 Å². The molecular formula is C21H20FNO2S. The molecule has 26 heavy (non-hydrogen) atoms. The van der Waals surface area contributed by atoms with Crippen molar-refractivity contribution in [3.05, 3.63) is 80.8 Å². The topological polar surface area (TPSA) is 38.3 Å². The van der Waals surface area contributed by atoms with Crippen LogP contribution in [-0.4, -0.2) is 5.91 Å². The van der Waals surface area contributed by atoms with E-state index in [9.17, 15) is 9.18 Å². The zero-order chi connectivity index (χ0) is 18.7. The molecule has 0 unspecified atom stereocenters. The van der Waals surface area contributed by atoms with Crippen LogP contribution in [-0.2, 0) is 6.61 Å². The average molecular weight is 369 g/mol. The molecule has 0 saturated carbocycles. The number of halogens is 1. The summed E-state index contributed by atoms with van der Waals surface area (Å²) in [7, 11) is 0. The Hall–Kier alpha value is -2.66. The second-order valence-corrected chi connectivity index (χ2v) is 7.21. The maximum atomic E-state index is 13.2. The van der Waals surface area contributed by atoms with Crippen molar-refractivity contribution in [2.45, 2.75) is 27.4 Å². The first-order valence-electron chi connectivity index (χ1n) is 8.27. The number of amides is 1. The molecule has 0 spiro atoms. The first-order valence-corrected chi connectivity index (χ1v) is 9.15. The number of hydrogen-bond donors (Lipinski definition) is 1. The third-order valence-corrected chi connectivity index (χ3v) is 4.93. The molecule has 1 heterocycles. The number of rotatable bonds is 5. The van der Waals surface area contributed by atoms with Crippen molar-refractivity contribution in [2.24, 2.45) is 0 Å². The fraction of sp³-hybridized carbons (Fsp3) is 0.190. The second-order valence-electron chi connectivity index (χ2n) is 6.30. The van der Waals surface area contributed by atoms with Gasteiger partial charge in [-0.1, -0.05) is 23.8 Å². The van der Waals surface area contributed by atoms with Gasteiger partial charge in [-0.05, 0) is 61.5 Å². The number of nitrogens with one attached hydrogen (secondary N) is 1. The number of ether oxygens (including phenoxy) is 1. The molecule has 0 aliphatic rings. The van der Waals surface area contributed by atoms with E-state index in [2.05, 4.69) is 24.4 Å². The minimum Gasteiger partial charge on any atom is -0.488 e. The van der Waals surface area contributed by atoms with Crippen LogP contribution in [0.5, 0.6) is 5.75 Å². The van der Waals surface area contributed by atoms with E-state index in [0.29, 0.717) is 17.2 Å². The largest absolute Gasteiger partial charge is 0.488 e. The van der Waals surface area contributed by atoms with E-state index >= 15 is 0 Å².